The molecule has 2 N–H and O–H groups in total. The van der Waals surface area contributed by atoms with Gasteiger partial charge < -0.3 is 20.5 Å². The molecule has 0 atom stereocenters. The maximum absolute atomic E-state index is 10.8. The van der Waals surface area contributed by atoms with Crippen molar-refractivity contribution in [2.24, 2.45) is 0 Å². The number of carbonyl (C=O) groups excluding carboxylic acids is 1. The molecule has 3 aromatic rings. The molecule has 0 fully saturated rings. The lowest BCUT2D eigenvalue weighted by molar-refractivity contribution is -0.242. The van der Waals surface area contributed by atoms with Crippen LogP contribution in [0.3, 0.4) is 0 Å². The number of hydrogen-bond acceptors (Lipinski definition) is 6. The van der Waals surface area contributed by atoms with Crippen molar-refractivity contribution in [3.8, 4) is 0 Å². The number of halogens is 1. The summed E-state index contributed by atoms with van der Waals surface area (Å²) in [5, 5.41) is 16.7. The van der Waals surface area contributed by atoms with Crippen molar-refractivity contribution in [2.45, 2.75) is 13.3 Å². The Morgan fingerprint density at radius 2 is 2.00 bits per heavy atom. The molecule has 0 radical (unpaired) electrons. The van der Waals surface area contributed by atoms with E-state index in [1.807, 2.05) is 6.92 Å². The third-order valence-corrected chi connectivity index (χ3v) is 3.53. The largest absolute Gasteiger partial charge is 0.530 e. The number of aryl methyl sites for hydroxylation is 1. The van der Waals surface area contributed by atoms with Crippen LogP contribution in [0.4, 0.5) is 22.0 Å². The molecule has 0 aliphatic heterocycles. The zero-order valence-corrected chi connectivity index (χ0v) is 13.5. The van der Waals surface area contributed by atoms with E-state index >= 15 is 0 Å². The molecule has 8 heteroatoms. The number of pyridine rings is 1. The summed E-state index contributed by atoms with van der Waals surface area (Å²) in [6, 6.07) is 8.64. The van der Waals surface area contributed by atoms with Gasteiger partial charge in [0, 0.05) is 16.8 Å². The van der Waals surface area contributed by atoms with Crippen molar-refractivity contribution in [3.05, 3.63) is 47.2 Å². The van der Waals surface area contributed by atoms with E-state index in [-0.39, 0.29) is 5.82 Å². The minimum absolute atomic E-state index is 0.109. The summed E-state index contributed by atoms with van der Waals surface area (Å²) in [4.78, 5) is 23.7. The second-order valence-electron chi connectivity index (χ2n) is 4.99. The van der Waals surface area contributed by atoms with Gasteiger partial charge in [0.2, 0.25) is 0 Å². The van der Waals surface area contributed by atoms with Crippen LogP contribution < -0.4 is 15.7 Å². The number of aromatic nitrogens is 3. The van der Waals surface area contributed by atoms with E-state index in [0.717, 1.165) is 17.8 Å². The first kappa shape index (κ1) is 15.9. The molecule has 24 heavy (non-hydrogen) atoms. The van der Waals surface area contributed by atoms with Crippen molar-refractivity contribution in [1.82, 2.24) is 15.0 Å². The topological polar surface area (TPSA) is 103 Å². The standard InChI is InChI=1S/C16H14ClN5O2/c1-2-10-8-18-15-14(20-10)12(7-13(21-15)22-16(23)24)19-11-5-3-9(17)4-6-11/h3-8H,2H2,1H3,(H,23,24)(H2,18,19,21,22)/p-1. The van der Waals surface area contributed by atoms with Gasteiger partial charge in [0.25, 0.3) is 0 Å². The van der Waals surface area contributed by atoms with Gasteiger partial charge in [-0.15, -0.1) is 0 Å². The summed E-state index contributed by atoms with van der Waals surface area (Å²) in [5.41, 5.74) is 3.04. The molecule has 0 saturated carbocycles. The van der Waals surface area contributed by atoms with Crippen LogP contribution in [0.25, 0.3) is 11.2 Å². The summed E-state index contributed by atoms with van der Waals surface area (Å²) >= 11 is 5.89. The second kappa shape index (κ2) is 6.67. The maximum Gasteiger partial charge on any atom is 0.182 e. The summed E-state index contributed by atoms with van der Waals surface area (Å²) < 4.78 is 0. The van der Waals surface area contributed by atoms with Gasteiger partial charge in [-0.3, -0.25) is 0 Å². The Bertz CT molecular complexity index is 899. The number of hydrogen-bond donors (Lipinski definition) is 2. The third kappa shape index (κ3) is 3.52. The van der Waals surface area contributed by atoms with E-state index in [0.29, 0.717) is 21.9 Å². The van der Waals surface area contributed by atoms with Crippen LogP contribution in [0.15, 0.2) is 36.5 Å². The van der Waals surface area contributed by atoms with Crippen LogP contribution in [0.5, 0.6) is 0 Å². The molecular formula is C16H13ClN5O2-. The lowest BCUT2D eigenvalue weighted by atomic mass is 10.2. The summed E-state index contributed by atoms with van der Waals surface area (Å²) in [6.45, 7) is 1.97. The highest BCUT2D eigenvalue weighted by molar-refractivity contribution is 6.30. The normalized spacial score (nSPS) is 10.6. The highest BCUT2D eigenvalue weighted by Gasteiger charge is 2.10. The van der Waals surface area contributed by atoms with E-state index in [9.17, 15) is 9.90 Å². The number of fused-ring (bicyclic) bond motifs is 1. The third-order valence-electron chi connectivity index (χ3n) is 3.28. The zero-order valence-electron chi connectivity index (χ0n) is 12.7. The minimum atomic E-state index is -1.45. The molecule has 2 heterocycles. The number of nitrogens with one attached hydrogen (secondary N) is 2. The van der Waals surface area contributed by atoms with Crippen molar-refractivity contribution in [1.29, 1.82) is 0 Å². The number of anilines is 3. The maximum atomic E-state index is 10.8. The molecule has 0 unspecified atom stereocenters. The van der Waals surface area contributed by atoms with E-state index < -0.39 is 6.09 Å². The molecular weight excluding hydrogens is 330 g/mol. The molecule has 2 aromatic heterocycles. The lowest BCUT2D eigenvalue weighted by Crippen LogP contribution is -2.29. The van der Waals surface area contributed by atoms with Crippen LogP contribution in [0.1, 0.15) is 12.6 Å². The molecule has 0 aliphatic rings. The lowest BCUT2D eigenvalue weighted by Gasteiger charge is -2.13. The van der Waals surface area contributed by atoms with Gasteiger partial charge in [-0.05, 0) is 30.7 Å². The number of carboxylic acid groups (broad SMARTS) is 1. The van der Waals surface area contributed by atoms with Gasteiger partial charge in [0.1, 0.15) is 17.4 Å². The van der Waals surface area contributed by atoms with Gasteiger partial charge in [-0.25, -0.2) is 15.0 Å². The Labute approximate surface area is 142 Å². The fraction of sp³-hybridized carbons (Fsp3) is 0.125. The van der Waals surface area contributed by atoms with Crippen molar-refractivity contribution in [2.75, 3.05) is 10.6 Å². The Balaban J connectivity index is 2.10. The van der Waals surface area contributed by atoms with Crippen LogP contribution in [0, 0.1) is 0 Å². The number of carbonyl (C=O) groups is 1. The van der Waals surface area contributed by atoms with Gasteiger partial charge >= 0.3 is 0 Å². The van der Waals surface area contributed by atoms with Crippen LogP contribution in [0.2, 0.25) is 5.02 Å². The van der Waals surface area contributed by atoms with Crippen molar-refractivity contribution < 1.29 is 9.90 Å². The van der Waals surface area contributed by atoms with Crippen LogP contribution in [-0.2, 0) is 6.42 Å². The minimum Gasteiger partial charge on any atom is -0.530 e. The molecule has 1 aromatic carbocycles. The quantitative estimate of drug-likeness (QED) is 0.755. The fourth-order valence-electron chi connectivity index (χ4n) is 2.16. The Morgan fingerprint density at radius 1 is 1.25 bits per heavy atom. The molecule has 1 amide bonds. The molecule has 3 rings (SSSR count). The zero-order chi connectivity index (χ0) is 17.1. The molecule has 122 valence electrons. The predicted molar refractivity (Wildman–Crippen MR) is 90.5 cm³/mol. The Morgan fingerprint density at radius 3 is 2.67 bits per heavy atom. The van der Waals surface area contributed by atoms with Crippen LogP contribution >= 0.6 is 11.6 Å². The van der Waals surface area contributed by atoms with Crippen molar-refractivity contribution in [3.63, 3.8) is 0 Å². The van der Waals surface area contributed by atoms with Gasteiger partial charge in [-0.1, -0.05) is 18.5 Å². The first-order valence-corrected chi connectivity index (χ1v) is 7.60. The summed E-state index contributed by atoms with van der Waals surface area (Å²) in [5.74, 6) is 0.109. The van der Waals surface area contributed by atoms with E-state index in [1.54, 1.807) is 36.5 Å². The summed E-state index contributed by atoms with van der Waals surface area (Å²) in [7, 11) is 0. The predicted octanol–water partition coefficient (Wildman–Crippen LogP) is 2.74. The second-order valence-corrected chi connectivity index (χ2v) is 5.42. The fourth-order valence-corrected chi connectivity index (χ4v) is 2.28. The van der Waals surface area contributed by atoms with Crippen LogP contribution in [-0.4, -0.2) is 21.0 Å². The van der Waals surface area contributed by atoms with E-state index in [4.69, 9.17) is 11.6 Å². The highest BCUT2D eigenvalue weighted by Crippen LogP contribution is 2.27. The SMILES string of the molecule is CCc1cnc2nc(NC(=O)[O-])cc(Nc3ccc(Cl)cc3)c2n1. The first-order valence-electron chi connectivity index (χ1n) is 7.22. The Hall–Kier alpha value is -2.93. The molecule has 0 spiro atoms. The summed E-state index contributed by atoms with van der Waals surface area (Å²) in [6.07, 6.45) is 0.893. The van der Waals surface area contributed by atoms with Gasteiger partial charge in [0.15, 0.2) is 5.65 Å². The van der Waals surface area contributed by atoms with Gasteiger partial charge in [-0.2, -0.15) is 0 Å². The molecule has 0 aliphatic carbocycles. The number of rotatable bonds is 4. The smallest absolute Gasteiger partial charge is 0.182 e. The monoisotopic (exact) mass is 342 g/mol. The number of amides is 1. The number of benzene rings is 1. The average Bonchev–Trinajstić information content (AvgIpc) is 2.56. The Kier molecular flexibility index (Phi) is 4.43. The molecule has 7 nitrogen and oxygen atoms in total. The highest BCUT2D eigenvalue weighted by atomic mass is 35.5. The number of nitrogens with zero attached hydrogens (tertiary/aromatic N) is 3. The van der Waals surface area contributed by atoms with E-state index in [1.165, 1.54) is 0 Å². The molecule has 0 saturated heterocycles. The van der Waals surface area contributed by atoms with E-state index in [2.05, 4.69) is 25.6 Å². The first-order chi connectivity index (χ1) is 11.5. The van der Waals surface area contributed by atoms with Crippen molar-refractivity contribution >= 4 is 46.1 Å². The van der Waals surface area contributed by atoms with Gasteiger partial charge in [0.05, 0.1) is 17.6 Å². The molecule has 0 bridgehead atoms. The average molecular weight is 343 g/mol.